The van der Waals surface area contributed by atoms with Crippen LogP contribution in [0.2, 0.25) is 0 Å². The number of methoxy groups -OCH3 is 1. The first-order valence-corrected chi connectivity index (χ1v) is 9.48. The van der Waals surface area contributed by atoms with E-state index in [2.05, 4.69) is 4.90 Å². The third-order valence-corrected chi connectivity index (χ3v) is 6.12. The lowest BCUT2D eigenvalue weighted by Crippen LogP contribution is -2.49. The minimum atomic E-state index is -0.334. The minimum Gasteiger partial charge on any atom is -0.452 e. The molecular weight excluding hydrogens is 316 g/mol. The Morgan fingerprint density at radius 3 is 2.72 bits per heavy atom. The van der Waals surface area contributed by atoms with E-state index in [1.165, 1.54) is 32.8 Å². The van der Waals surface area contributed by atoms with Crippen molar-refractivity contribution >= 4 is 17.7 Å². The maximum atomic E-state index is 13.1. The fourth-order valence-corrected chi connectivity index (χ4v) is 4.88. The number of hydrogen-bond donors (Lipinski definition) is 0. The quantitative estimate of drug-likeness (QED) is 0.783. The van der Waals surface area contributed by atoms with Gasteiger partial charge < -0.3 is 9.64 Å². The van der Waals surface area contributed by atoms with Gasteiger partial charge in [-0.15, -0.1) is 0 Å². The summed E-state index contributed by atoms with van der Waals surface area (Å²) in [4.78, 5) is 28.7. The summed E-state index contributed by atoms with van der Waals surface area (Å²) < 4.78 is 4.83. The van der Waals surface area contributed by atoms with E-state index in [1.54, 1.807) is 4.90 Å². The fourth-order valence-electron chi connectivity index (χ4n) is 4.88. The van der Waals surface area contributed by atoms with E-state index in [9.17, 15) is 9.59 Å². The smallest absolute Gasteiger partial charge is 0.414 e. The van der Waals surface area contributed by atoms with Crippen molar-refractivity contribution in [3.8, 4) is 0 Å². The molecule has 1 aliphatic carbocycles. The van der Waals surface area contributed by atoms with E-state index in [1.807, 2.05) is 18.2 Å². The highest BCUT2D eigenvalue weighted by Crippen LogP contribution is 2.36. The molecule has 0 radical (unpaired) electrons. The van der Waals surface area contributed by atoms with Crippen molar-refractivity contribution in [2.75, 3.05) is 25.1 Å². The second-order valence-corrected chi connectivity index (χ2v) is 7.47. The molecule has 2 aliphatic heterocycles. The van der Waals surface area contributed by atoms with Gasteiger partial charge in [-0.05, 0) is 61.8 Å². The predicted molar refractivity (Wildman–Crippen MR) is 95.9 cm³/mol. The van der Waals surface area contributed by atoms with Gasteiger partial charge in [0, 0.05) is 24.7 Å². The second-order valence-electron chi connectivity index (χ2n) is 7.47. The lowest BCUT2D eigenvalue weighted by atomic mass is 9.78. The summed E-state index contributed by atoms with van der Waals surface area (Å²) in [7, 11) is 1.40. The molecule has 25 heavy (non-hydrogen) atoms. The van der Waals surface area contributed by atoms with Crippen LogP contribution in [0.15, 0.2) is 18.2 Å². The topological polar surface area (TPSA) is 49.9 Å². The molecule has 4 rings (SSSR count). The van der Waals surface area contributed by atoms with Crippen molar-refractivity contribution in [1.82, 2.24) is 4.90 Å². The third kappa shape index (κ3) is 2.90. The summed E-state index contributed by atoms with van der Waals surface area (Å²) in [5.74, 6) is 0.853. The van der Waals surface area contributed by atoms with Crippen molar-refractivity contribution in [2.45, 2.75) is 51.0 Å². The Morgan fingerprint density at radius 1 is 1.08 bits per heavy atom. The summed E-state index contributed by atoms with van der Waals surface area (Å²) in [6.07, 6.45) is 7.80. The number of piperidine rings is 1. The highest BCUT2D eigenvalue weighted by molar-refractivity contribution is 5.97. The molecule has 3 aliphatic rings. The van der Waals surface area contributed by atoms with E-state index in [-0.39, 0.29) is 12.0 Å². The molecular formula is C20H26N2O3. The maximum absolute atomic E-state index is 13.1. The van der Waals surface area contributed by atoms with Gasteiger partial charge in [-0.25, -0.2) is 4.79 Å². The number of nitrogens with zero attached hydrogens (tertiary/aromatic N) is 2. The average molecular weight is 342 g/mol. The minimum absolute atomic E-state index is 0.163. The molecule has 1 unspecified atom stereocenters. The van der Waals surface area contributed by atoms with E-state index < -0.39 is 0 Å². The van der Waals surface area contributed by atoms with Crippen LogP contribution in [0.5, 0.6) is 0 Å². The summed E-state index contributed by atoms with van der Waals surface area (Å²) in [6.45, 7) is 1.50. The molecule has 5 heteroatoms. The van der Waals surface area contributed by atoms with Crippen LogP contribution in [0.25, 0.3) is 0 Å². The van der Waals surface area contributed by atoms with Crippen molar-refractivity contribution in [2.24, 2.45) is 5.92 Å². The van der Waals surface area contributed by atoms with Gasteiger partial charge in [0.05, 0.1) is 12.8 Å². The number of fused-ring (bicyclic) bond motifs is 2. The summed E-state index contributed by atoms with van der Waals surface area (Å²) in [5.41, 5.74) is 2.70. The Hall–Kier alpha value is -2.04. The number of hydrogen-bond acceptors (Lipinski definition) is 3. The lowest BCUT2D eigenvalue weighted by molar-refractivity contribution is 0.0390. The lowest BCUT2D eigenvalue weighted by Gasteiger charge is -2.44. The van der Waals surface area contributed by atoms with Crippen LogP contribution in [-0.2, 0) is 11.2 Å². The largest absolute Gasteiger partial charge is 0.452 e. The SMILES string of the molecule is COC(=O)N1CCc2cc(C(=O)N3CCCC4CCCC[C@H]43)ccc21. The molecule has 134 valence electrons. The average Bonchev–Trinajstić information content (AvgIpc) is 3.09. The maximum Gasteiger partial charge on any atom is 0.414 e. The van der Waals surface area contributed by atoms with Gasteiger partial charge in [0.2, 0.25) is 0 Å². The molecule has 1 saturated carbocycles. The number of rotatable bonds is 1. The zero-order valence-corrected chi connectivity index (χ0v) is 14.9. The Labute approximate surface area is 148 Å². The zero-order valence-electron chi connectivity index (χ0n) is 14.9. The van der Waals surface area contributed by atoms with Crippen molar-refractivity contribution in [3.05, 3.63) is 29.3 Å². The van der Waals surface area contributed by atoms with Crippen molar-refractivity contribution in [1.29, 1.82) is 0 Å². The number of carbonyl (C=O) groups excluding carboxylic acids is 2. The second kappa shape index (κ2) is 6.70. The Bertz CT molecular complexity index is 686. The number of carbonyl (C=O) groups is 2. The normalized spacial score (nSPS) is 25.3. The molecule has 0 spiro atoms. The van der Waals surface area contributed by atoms with Crippen LogP contribution in [0, 0.1) is 5.92 Å². The number of ether oxygens (including phenoxy) is 1. The molecule has 1 aromatic carbocycles. The first kappa shape index (κ1) is 16.4. The van der Waals surface area contributed by atoms with Crippen LogP contribution in [-0.4, -0.2) is 43.1 Å². The van der Waals surface area contributed by atoms with E-state index in [0.29, 0.717) is 18.5 Å². The van der Waals surface area contributed by atoms with E-state index in [4.69, 9.17) is 4.74 Å². The molecule has 2 amide bonds. The number of benzene rings is 1. The van der Waals surface area contributed by atoms with Crippen LogP contribution < -0.4 is 4.90 Å². The summed E-state index contributed by atoms with van der Waals surface area (Å²) in [6, 6.07) is 6.17. The molecule has 2 heterocycles. The van der Waals surface area contributed by atoms with Gasteiger partial charge in [-0.1, -0.05) is 12.8 Å². The molecule has 0 aromatic heterocycles. The molecule has 0 N–H and O–H groups in total. The molecule has 1 aromatic rings. The highest BCUT2D eigenvalue weighted by atomic mass is 16.5. The molecule has 1 saturated heterocycles. The summed E-state index contributed by atoms with van der Waals surface area (Å²) >= 11 is 0. The number of anilines is 1. The predicted octanol–water partition coefficient (Wildman–Crippen LogP) is 3.61. The van der Waals surface area contributed by atoms with Crippen molar-refractivity contribution < 1.29 is 14.3 Å². The first-order chi connectivity index (χ1) is 12.2. The molecule has 2 atom stereocenters. The fraction of sp³-hybridized carbons (Fsp3) is 0.600. The van der Waals surface area contributed by atoms with Crippen LogP contribution >= 0.6 is 0 Å². The number of amides is 2. The summed E-state index contributed by atoms with van der Waals surface area (Å²) in [5, 5.41) is 0. The van der Waals surface area contributed by atoms with E-state index in [0.717, 1.165) is 42.6 Å². The zero-order chi connectivity index (χ0) is 17.4. The monoisotopic (exact) mass is 342 g/mol. The number of likely N-dealkylation sites (tertiary alicyclic amines) is 1. The standard InChI is InChI=1S/C20H26N2O3/c1-25-20(24)22-12-10-15-13-16(8-9-18(15)22)19(23)21-11-4-6-14-5-2-3-7-17(14)21/h8-9,13-14,17H,2-7,10-12H2,1H3/t14?,17-/m1/s1. The molecule has 0 bridgehead atoms. The van der Waals surface area contributed by atoms with Crippen LogP contribution in [0.3, 0.4) is 0 Å². The van der Waals surface area contributed by atoms with Crippen LogP contribution in [0.4, 0.5) is 10.5 Å². The van der Waals surface area contributed by atoms with Gasteiger partial charge in [0.25, 0.3) is 5.91 Å². The Balaban J connectivity index is 1.56. The first-order valence-electron chi connectivity index (χ1n) is 9.48. The highest BCUT2D eigenvalue weighted by Gasteiger charge is 2.36. The molecule has 2 fully saturated rings. The van der Waals surface area contributed by atoms with Gasteiger partial charge in [-0.2, -0.15) is 0 Å². The van der Waals surface area contributed by atoms with E-state index >= 15 is 0 Å². The van der Waals surface area contributed by atoms with Crippen LogP contribution in [0.1, 0.15) is 54.4 Å². The Morgan fingerprint density at radius 2 is 1.88 bits per heavy atom. The molecule has 5 nitrogen and oxygen atoms in total. The van der Waals surface area contributed by atoms with Crippen molar-refractivity contribution in [3.63, 3.8) is 0 Å². The van der Waals surface area contributed by atoms with Gasteiger partial charge in [-0.3, -0.25) is 9.69 Å². The van der Waals surface area contributed by atoms with Gasteiger partial charge in [0.1, 0.15) is 0 Å². The third-order valence-electron chi connectivity index (χ3n) is 6.12. The Kier molecular flexibility index (Phi) is 4.40. The van der Waals surface area contributed by atoms with Gasteiger partial charge in [0.15, 0.2) is 0 Å². The van der Waals surface area contributed by atoms with Gasteiger partial charge >= 0.3 is 6.09 Å².